The lowest BCUT2D eigenvalue weighted by Gasteiger charge is -2.34. The number of carboxylic acids is 1. The molecule has 1 aliphatic carbocycles. The van der Waals surface area contributed by atoms with Gasteiger partial charge in [-0.3, -0.25) is 9.69 Å². The molecule has 2 aliphatic rings. The van der Waals surface area contributed by atoms with Crippen LogP contribution < -0.4 is 0 Å². The predicted molar refractivity (Wildman–Crippen MR) is 58.8 cm³/mol. The van der Waals surface area contributed by atoms with Gasteiger partial charge in [-0.1, -0.05) is 19.3 Å². The average molecular weight is 211 g/mol. The van der Waals surface area contributed by atoms with Crippen LogP contribution in [0, 0.1) is 5.92 Å². The van der Waals surface area contributed by atoms with Gasteiger partial charge >= 0.3 is 5.97 Å². The maximum Gasteiger partial charge on any atom is 0.308 e. The number of aliphatic carboxylic acids is 1. The fourth-order valence-corrected chi connectivity index (χ4v) is 3.22. The fourth-order valence-electron chi connectivity index (χ4n) is 3.22. The van der Waals surface area contributed by atoms with Gasteiger partial charge in [0.15, 0.2) is 0 Å². The van der Waals surface area contributed by atoms with Gasteiger partial charge in [0, 0.05) is 12.1 Å². The number of rotatable bonds is 2. The zero-order valence-electron chi connectivity index (χ0n) is 9.48. The average Bonchev–Trinajstić information content (AvgIpc) is 2.61. The van der Waals surface area contributed by atoms with E-state index in [1.54, 1.807) is 0 Å². The Morgan fingerprint density at radius 2 is 1.87 bits per heavy atom. The van der Waals surface area contributed by atoms with Crippen molar-refractivity contribution in [1.82, 2.24) is 4.90 Å². The number of carboxylic acid groups (broad SMARTS) is 1. The highest BCUT2D eigenvalue weighted by Gasteiger charge is 2.38. The van der Waals surface area contributed by atoms with Crippen molar-refractivity contribution < 1.29 is 9.90 Å². The maximum atomic E-state index is 11.0. The third-order valence-electron chi connectivity index (χ3n) is 4.16. The maximum absolute atomic E-state index is 11.0. The first kappa shape index (κ1) is 10.9. The predicted octanol–water partition coefficient (Wildman–Crippen LogP) is 2.11. The summed E-state index contributed by atoms with van der Waals surface area (Å²) in [6.45, 7) is 3.07. The zero-order valence-corrected chi connectivity index (χ0v) is 9.48. The van der Waals surface area contributed by atoms with Crippen molar-refractivity contribution in [2.45, 2.75) is 57.5 Å². The Hall–Kier alpha value is -0.570. The minimum Gasteiger partial charge on any atom is -0.481 e. The van der Waals surface area contributed by atoms with Gasteiger partial charge in [0.05, 0.1) is 5.92 Å². The van der Waals surface area contributed by atoms with Crippen LogP contribution in [0.25, 0.3) is 0 Å². The summed E-state index contributed by atoms with van der Waals surface area (Å²) in [5, 5.41) is 9.07. The van der Waals surface area contributed by atoms with Crippen LogP contribution >= 0.6 is 0 Å². The summed E-state index contributed by atoms with van der Waals surface area (Å²) in [6.07, 6.45) is 7.40. The van der Waals surface area contributed by atoms with Crippen LogP contribution in [0.2, 0.25) is 0 Å². The van der Waals surface area contributed by atoms with Crippen molar-refractivity contribution in [2.75, 3.05) is 6.54 Å². The van der Waals surface area contributed by atoms with E-state index >= 15 is 0 Å². The second-order valence-electron chi connectivity index (χ2n) is 5.00. The van der Waals surface area contributed by atoms with Crippen LogP contribution in [0.5, 0.6) is 0 Å². The van der Waals surface area contributed by atoms with Crippen molar-refractivity contribution in [3.8, 4) is 0 Å². The number of carbonyl (C=O) groups is 1. The Labute approximate surface area is 91.5 Å². The molecule has 0 aromatic rings. The van der Waals surface area contributed by atoms with Crippen LogP contribution in [0.15, 0.2) is 0 Å². The lowest BCUT2D eigenvalue weighted by atomic mass is 9.93. The number of hydrogen-bond acceptors (Lipinski definition) is 2. The van der Waals surface area contributed by atoms with Crippen LogP contribution in [0.3, 0.4) is 0 Å². The molecule has 1 saturated carbocycles. The Balaban J connectivity index is 1.96. The first-order valence-electron chi connectivity index (χ1n) is 6.18. The minimum atomic E-state index is -0.610. The summed E-state index contributed by atoms with van der Waals surface area (Å²) >= 11 is 0. The smallest absolute Gasteiger partial charge is 0.308 e. The van der Waals surface area contributed by atoms with Crippen LogP contribution in [0.4, 0.5) is 0 Å². The molecular formula is C12H21NO2. The molecule has 1 N–H and O–H groups in total. The third kappa shape index (κ3) is 2.17. The quantitative estimate of drug-likeness (QED) is 0.760. The second kappa shape index (κ2) is 4.52. The Morgan fingerprint density at radius 3 is 2.40 bits per heavy atom. The monoisotopic (exact) mass is 211 g/mol. The SMILES string of the molecule is C[C@@H]1[C@@H](C(=O)O)CCN1C1CCCCC1. The Kier molecular flexibility index (Phi) is 3.29. The van der Waals surface area contributed by atoms with E-state index in [9.17, 15) is 4.79 Å². The van der Waals surface area contributed by atoms with Gasteiger partial charge in [-0.05, 0) is 32.7 Å². The lowest BCUT2D eigenvalue weighted by Crippen LogP contribution is -2.41. The van der Waals surface area contributed by atoms with Gasteiger partial charge in [0.1, 0.15) is 0 Å². The van der Waals surface area contributed by atoms with E-state index in [2.05, 4.69) is 11.8 Å². The van der Waals surface area contributed by atoms with E-state index < -0.39 is 5.97 Å². The van der Waals surface area contributed by atoms with E-state index in [-0.39, 0.29) is 12.0 Å². The molecule has 0 aromatic heterocycles. The van der Waals surface area contributed by atoms with Crippen molar-refractivity contribution in [3.05, 3.63) is 0 Å². The summed E-state index contributed by atoms with van der Waals surface area (Å²) in [4.78, 5) is 13.5. The first-order valence-corrected chi connectivity index (χ1v) is 6.18. The third-order valence-corrected chi connectivity index (χ3v) is 4.16. The number of hydrogen-bond donors (Lipinski definition) is 1. The van der Waals surface area contributed by atoms with Crippen molar-refractivity contribution in [1.29, 1.82) is 0 Å². The van der Waals surface area contributed by atoms with E-state index in [0.29, 0.717) is 6.04 Å². The molecule has 2 rings (SSSR count). The second-order valence-corrected chi connectivity index (χ2v) is 5.00. The molecule has 0 radical (unpaired) electrons. The van der Waals surface area contributed by atoms with E-state index in [4.69, 9.17) is 5.11 Å². The van der Waals surface area contributed by atoms with E-state index in [1.807, 2.05) is 0 Å². The van der Waals surface area contributed by atoms with E-state index in [0.717, 1.165) is 13.0 Å². The molecule has 0 unspecified atom stereocenters. The molecular weight excluding hydrogens is 190 g/mol. The molecule has 3 heteroatoms. The van der Waals surface area contributed by atoms with Crippen molar-refractivity contribution in [3.63, 3.8) is 0 Å². The molecule has 0 amide bonds. The molecule has 1 saturated heterocycles. The molecule has 1 heterocycles. The van der Waals surface area contributed by atoms with Gasteiger partial charge in [0.25, 0.3) is 0 Å². The molecule has 86 valence electrons. The van der Waals surface area contributed by atoms with Crippen molar-refractivity contribution >= 4 is 5.97 Å². The molecule has 0 spiro atoms. The van der Waals surface area contributed by atoms with Crippen LogP contribution in [-0.2, 0) is 4.79 Å². The highest BCUT2D eigenvalue weighted by Crippen LogP contribution is 2.32. The Bertz CT molecular complexity index is 236. The molecule has 3 nitrogen and oxygen atoms in total. The van der Waals surface area contributed by atoms with Gasteiger partial charge < -0.3 is 5.11 Å². The van der Waals surface area contributed by atoms with Crippen LogP contribution in [-0.4, -0.2) is 34.6 Å². The van der Waals surface area contributed by atoms with Crippen LogP contribution in [0.1, 0.15) is 45.4 Å². The number of likely N-dealkylation sites (tertiary alicyclic amines) is 1. The van der Waals surface area contributed by atoms with Crippen molar-refractivity contribution in [2.24, 2.45) is 5.92 Å². The molecule has 0 aromatic carbocycles. The molecule has 2 atom stereocenters. The van der Waals surface area contributed by atoms with E-state index in [1.165, 1.54) is 32.1 Å². The summed E-state index contributed by atoms with van der Waals surface area (Å²) in [5.41, 5.74) is 0. The molecule has 15 heavy (non-hydrogen) atoms. The van der Waals surface area contributed by atoms with Gasteiger partial charge in [-0.15, -0.1) is 0 Å². The lowest BCUT2D eigenvalue weighted by molar-refractivity contribution is -0.142. The summed E-state index contributed by atoms with van der Waals surface area (Å²) in [6, 6.07) is 0.906. The normalized spacial score (nSPS) is 34.5. The minimum absolute atomic E-state index is 0.132. The molecule has 1 aliphatic heterocycles. The first-order chi connectivity index (χ1) is 7.20. The van der Waals surface area contributed by atoms with Gasteiger partial charge in [-0.25, -0.2) is 0 Å². The van der Waals surface area contributed by atoms with Gasteiger partial charge in [0.2, 0.25) is 0 Å². The largest absolute Gasteiger partial charge is 0.481 e. The standard InChI is InChI=1S/C12H21NO2/c1-9-11(12(14)15)7-8-13(9)10-5-3-2-4-6-10/h9-11H,2-8H2,1H3,(H,14,15)/t9-,11+/m1/s1. The highest BCUT2D eigenvalue weighted by atomic mass is 16.4. The topological polar surface area (TPSA) is 40.5 Å². The van der Waals surface area contributed by atoms with Gasteiger partial charge in [-0.2, -0.15) is 0 Å². The highest BCUT2D eigenvalue weighted by molar-refractivity contribution is 5.71. The Morgan fingerprint density at radius 1 is 1.20 bits per heavy atom. The number of nitrogens with zero attached hydrogens (tertiary/aromatic N) is 1. The fraction of sp³-hybridized carbons (Fsp3) is 0.917. The molecule has 2 fully saturated rings. The molecule has 0 bridgehead atoms. The zero-order chi connectivity index (χ0) is 10.8. The summed E-state index contributed by atoms with van der Waals surface area (Å²) in [5.74, 6) is -0.743. The summed E-state index contributed by atoms with van der Waals surface area (Å²) < 4.78 is 0. The summed E-state index contributed by atoms with van der Waals surface area (Å²) in [7, 11) is 0.